The summed E-state index contributed by atoms with van der Waals surface area (Å²) in [4.78, 5) is 5.61. The summed E-state index contributed by atoms with van der Waals surface area (Å²) in [5, 5.41) is 0. The average Bonchev–Trinajstić information content (AvgIpc) is 3.14. The van der Waals surface area contributed by atoms with Crippen LogP contribution in [-0.2, 0) is 5.41 Å². The minimum atomic E-state index is 0.0749. The molecule has 3 aromatic rings. The fourth-order valence-corrected chi connectivity index (χ4v) is 10.00. The monoisotopic (exact) mass is 530 g/mol. The topological polar surface area (TPSA) is 6.48 Å². The molecule has 208 valence electrons. The Morgan fingerprint density at radius 2 is 1.05 bits per heavy atom. The number of fused-ring (bicyclic) bond motifs is 7. The molecule has 2 atom stereocenters. The lowest BCUT2D eigenvalue weighted by Gasteiger charge is -2.54. The largest absolute Gasteiger partial charge is 0.409 e. The lowest BCUT2D eigenvalue weighted by Crippen LogP contribution is -2.66. The molecule has 7 rings (SSSR count). The predicted molar refractivity (Wildman–Crippen MR) is 175 cm³/mol. The van der Waals surface area contributed by atoms with E-state index in [0.29, 0.717) is 0 Å². The molecule has 0 aromatic heterocycles. The summed E-state index contributed by atoms with van der Waals surface area (Å²) in [5.41, 5.74) is 27.3. The van der Waals surface area contributed by atoms with Gasteiger partial charge in [0.05, 0.1) is 5.54 Å². The van der Waals surface area contributed by atoms with Gasteiger partial charge in [-0.3, -0.25) is 0 Å². The van der Waals surface area contributed by atoms with Crippen molar-refractivity contribution in [3.8, 4) is 11.1 Å². The van der Waals surface area contributed by atoms with Crippen LogP contribution < -0.4 is 20.6 Å². The Bertz CT molecular complexity index is 1710. The number of rotatable bonds is 0. The maximum absolute atomic E-state index is 2.93. The first-order chi connectivity index (χ1) is 18.7. The minimum Gasteiger partial charge on any atom is -0.409 e. The molecule has 0 bridgehead atoms. The second kappa shape index (κ2) is 7.78. The van der Waals surface area contributed by atoms with Gasteiger partial charge < -0.3 is 9.71 Å². The number of hydrogen-bond acceptors (Lipinski definition) is 2. The maximum Gasteiger partial charge on any atom is 0.328 e. The van der Waals surface area contributed by atoms with E-state index >= 15 is 0 Å². The Kier molecular flexibility index (Phi) is 5.10. The molecule has 2 nitrogen and oxygen atoms in total. The molecule has 0 N–H and O–H groups in total. The second-order valence-electron chi connectivity index (χ2n) is 14.4. The van der Waals surface area contributed by atoms with Crippen LogP contribution in [0.15, 0.2) is 0 Å². The SMILES string of the molecule is Cc1c(C)c(C)c2c(c1C)-c1c(C)c(C)c(C)c3c1B(c1c(C)c(C)c(C)c4c1N3C1(C)CCCCC41C)N2C. The van der Waals surface area contributed by atoms with Gasteiger partial charge in [-0.05, 0) is 174 Å². The Morgan fingerprint density at radius 1 is 0.525 bits per heavy atom. The van der Waals surface area contributed by atoms with E-state index in [9.17, 15) is 0 Å². The summed E-state index contributed by atoms with van der Waals surface area (Å²) in [7, 11) is 2.39. The summed E-state index contributed by atoms with van der Waals surface area (Å²) < 4.78 is 0. The molecule has 1 saturated carbocycles. The van der Waals surface area contributed by atoms with Gasteiger partial charge in [0, 0.05) is 28.0 Å². The molecule has 3 aliphatic heterocycles. The van der Waals surface area contributed by atoms with E-state index in [1.54, 1.807) is 22.2 Å². The molecule has 0 spiro atoms. The Labute approximate surface area is 243 Å². The van der Waals surface area contributed by atoms with Crippen molar-refractivity contribution >= 4 is 34.8 Å². The third-order valence-corrected chi connectivity index (χ3v) is 13.2. The first-order valence-electron chi connectivity index (χ1n) is 15.6. The number of hydrogen-bond donors (Lipinski definition) is 0. The molecule has 40 heavy (non-hydrogen) atoms. The van der Waals surface area contributed by atoms with Crippen LogP contribution in [0.3, 0.4) is 0 Å². The highest BCUT2D eigenvalue weighted by molar-refractivity contribution is 6.93. The van der Waals surface area contributed by atoms with Crippen LogP contribution in [0.25, 0.3) is 11.1 Å². The van der Waals surface area contributed by atoms with Gasteiger partial charge in [0.25, 0.3) is 0 Å². The molecule has 0 radical (unpaired) electrons. The van der Waals surface area contributed by atoms with Gasteiger partial charge in [-0.1, -0.05) is 19.8 Å². The van der Waals surface area contributed by atoms with Crippen LogP contribution in [0, 0.1) is 69.2 Å². The zero-order valence-electron chi connectivity index (χ0n) is 27.3. The highest BCUT2D eigenvalue weighted by atomic mass is 15.3. The smallest absolute Gasteiger partial charge is 0.328 e. The van der Waals surface area contributed by atoms with Crippen LogP contribution >= 0.6 is 0 Å². The Hall–Kier alpha value is -2.68. The lowest BCUT2D eigenvalue weighted by atomic mass is 9.41. The van der Waals surface area contributed by atoms with Gasteiger partial charge in [-0.15, -0.1) is 0 Å². The van der Waals surface area contributed by atoms with E-state index in [0.717, 1.165) is 0 Å². The Balaban J connectivity index is 1.75. The number of anilines is 3. The minimum absolute atomic E-state index is 0.0749. The van der Waals surface area contributed by atoms with Crippen molar-refractivity contribution in [1.82, 2.24) is 0 Å². The van der Waals surface area contributed by atoms with Gasteiger partial charge in [0.1, 0.15) is 0 Å². The van der Waals surface area contributed by atoms with Crippen LogP contribution in [0.4, 0.5) is 17.1 Å². The quantitative estimate of drug-likeness (QED) is 0.271. The van der Waals surface area contributed by atoms with Gasteiger partial charge >= 0.3 is 6.85 Å². The van der Waals surface area contributed by atoms with E-state index in [4.69, 9.17) is 0 Å². The molecule has 4 aliphatic rings. The molecule has 3 aromatic carbocycles. The summed E-state index contributed by atoms with van der Waals surface area (Å²) in [5.74, 6) is 0. The molecule has 0 amide bonds. The van der Waals surface area contributed by atoms with Crippen molar-refractivity contribution in [3.63, 3.8) is 0 Å². The zero-order valence-corrected chi connectivity index (χ0v) is 27.3. The molecule has 3 heterocycles. The van der Waals surface area contributed by atoms with Crippen molar-refractivity contribution < 1.29 is 0 Å². The van der Waals surface area contributed by atoms with Crippen molar-refractivity contribution in [2.24, 2.45) is 0 Å². The van der Waals surface area contributed by atoms with Gasteiger partial charge in [-0.2, -0.15) is 0 Å². The Morgan fingerprint density at radius 3 is 1.73 bits per heavy atom. The fourth-order valence-electron chi connectivity index (χ4n) is 10.00. The van der Waals surface area contributed by atoms with Gasteiger partial charge in [0.15, 0.2) is 0 Å². The van der Waals surface area contributed by atoms with E-state index in [-0.39, 0.29) is 17.8 Å². The molecular weight excluding hydrogens is 483 g/mol. The van der Waals surface area contributed by atoms with Crippen LogP contribution in [0.1, 0.15) is 101 Å². The first kappa shape index (κ1) is 26.2. The summed E-state index contributed by atoms with van der Waals surface area (Å²) in [6, 6.07) is 0. The van der Waals surface area contributed by atoms with E-state index in [2.05, 4.69) is 99.8 Å². The third-order valence-electron chi connectivity index (χ3n) is 13.2. The lowest BCUT2D eigenvalue weighted by molar-refractivity contribution is 0.194. The van der Waals surface area contributed by atoms with Crippen molar-refractivity contribution in [2.75, 3.05) is 16.8 Å². The molecule has 1 aliphatic carbocycles. The normalized spacial score (nSPS) is 23.8. The highest BCUT2D eigenvalue weighted by Crippen LogP contribution is 2.64. The number of benzene rings is 3. The molecule has 2 unspecified atom stereocenters. The van der Waals surface area contributed by atoms with Gasteiger partial charge in [-0.25, -0.2) is 0 Å². The van der Waals surface area contributed by atoms with Crippen molar-refractivity contribution in [3.05, 3.63) is 61.2 Å². The summed E-state index contributed by atoms with van der Waals surface area (Å²) in [6.07, 6.45) is 5.18. The first-order valence-corrected chi connectivity index (χ1v) is 15.6. The number of nitrogens with zero attached hydrogens (tertiary/aromatic N) is 2. The van der Waals surface area contributed by atoms with Crippen LogP contribution in [0.2, 0.25) is 0 Å². The molecular formula is C37H47BN2. The maximum atomic E-state index is 2.93. The molecule has 1 fully saturated rings. The third kappa shape index (κ3) is 2.57. The highest BCUT2D eigenvalue weighted by Gasteiger charge is 2.63. The van der Waals surface area contributed by atoms with E-state index in [1.807, 2.05) is 0 Å². The van der Waals surface area contributed by atoms with Gasteiger partial charge in [0.2, 0.25) is 0 Å². The van der Waals surface area contributed by atoms with E-state index < -0.39 is 0 Å². The van der Waals surface area contributed by atoms with Crippen LogP contribution in [0.5, 0.6) is 0 Å². The van der Waals surface area contributed by atoms with Crippen LogP contribution in [-0.4, -0.2) is 19.4 Å². The van der Waals surface area contributed by atoms with E-state index in [1.165, 1.54) is 104 Å². The average molecular weight is 531 g/mol. The predicted octanol–water partition coefficient (Wildman–Crippen LogP) is 8.05. The van der Waals surface area contributed by atoms with Crippen molar-refractivity contribution in [1.29, 1.82) is 0 Å². The second-order valence-corrected chi connectivity index (χ2v) is 14.4. The summed E-state index contributed by atoms with van der Waals surface area (Å²) in [6.45, 7) is 29.3. The summed E-state index contributed by atoms with van der Waals surface area (Å²) >= 11 is 0. The fraction of sp³-hybridized carbons (Fsp3) is 0.514. The zero-order chi connectivity index (χ0) is 29.0. The standard InChI is InChI=1S/C37H47BN2/c1-18-19(2)26(9)33-29(23(18)6)28-22(5)20(3)27(10)34-32(28)38(39(33)13)31-25(8)21(4)24(7)30-35(31)40(34)37(12)17-15-14-16-36(30,37)11/h14-17H2,1-13H3. The molecule has 3 heteroatoms. The molecule has 0 saturated heterocycles. The van der Waals surface area contributed by atoms with Crippen molar-refractivity contribution in [2.45, 2.75) is 120 Å².